The second-order valence-corrected chi connectivity index (χ2v) is 7.16. The van der Waals surface area contributed by atoms with Crippen molar-refractivity contribution in [3.8, 4) is 10.6 Å². The van der Waals surface area contributed by atoms with Crippen molar-refractivity contribution < 1.29 is 9.59 Å². The molecular formula is C16H19N3O2S2. The summed E-state index contributed by atoms with van der Waals surface area (Å²) in [7, 11) is 0. The molecule has 3 heterocycles. The minimum absolute atomic E-state index is 0.0140. The van der Waals surface area contributed by atoms with Gasteiger partial charge in [0.15, 0.2) is 0 Å². The normalized spacial score (nSPS) is 14.4. The molecule has 3 rings (SSSR count). The molecular weight excluding hydrogens is 330 g/mol. The summed E-state index contributed by atoms with van der Waals surface area (Å²) in [5, 5.41) is 9.88. The molecule has 2 amide bonds. The second-order valence-electron chi connectivity index (χ2n) is 5.52. The zero-order valence-corrected chi connectivity index (χ0v) is 14.4. The smallest absolute Gasteiger partial charge is 0.226 e. The molecule has 2 aromatic heterocycles. The zero-order chi connectivity index (χ0) is 16.1. The molecule has 0 bridgehead atoms. The summed E-state index contributed by atoms with van der Waals surface area (Å²) in [6.45, 7) is 2.19. The highest BCUT2D eigenvalue weighted by atomic mass is 32.1. The molecule has 1 N–H and O–H groups in total. The Hall–Kier alpha value is -1.73. The maximum atomic E-state index is 11.9. The molecule has 0 unspecified atom stereocenters. The maximum Gasteiger partial charge on any atom is 0.226 e. The summed E-state index contributed by atoms with van der Waals surface area (Å²) in [5.41, 5.74) is 1.92. The van der Waals surface area contributed by atoms with Crippen LogP contribution in [0, 0.1) is 0 Å². The van der Waals surface area contributed by atoms with Crippen LogP contribution in [0.25, 0.3) is 10.6 Å². The summed E-state index contributed by atoms with van der Waals surface area (Å²) >= 11 is 3.21. The first kappa shape index (κ1) is 16.1. The standard InChI is InChI=1S/C16H19N3O2S2/c20-14(17-5-2-7-19-6-1-3-15(19)21)9-13-11-23-16(18-13)12-4-8-22-10-12/h4,8,10-11H,1-3,5-7,9H2,(H,17,20). The highest BCUT2D eigenvalue weighted by Gasteiger charge is 2.19. The summed E-state index contributed by atoms with van der Waals surface area (Å²) < 4.78 is 0. The van der Waals surface area contributed by atoms with Gasteiger partial charge in [-0.15, -0.1) is 11.3 Å². The fourth-order valence-corrected chi connectivity index (χ4v) is 4.10. The van der Waals surface area contributed by atoms with Crippen LogP contribution in [0.3, 0.4) is 0 Å². The van der Waals surface area contributed by atoms with Gasteiger partial charge < -0.3 is 10.2 Å². The predicted octanol–water partition coefficient (Wildman–Crippen LogP) is 2.54. The van der Waals surface area contributed by atoms with Gasteiger partial charge in [-0.1, -0.05) is 0 Å². The van der Waals surface area contributed by atoms with E-state index in [-0.39, 0.29) is 11.8 Å². The van der Waals surface area contributed by atoms with E-state index >= 15 is 0 Å². The van der Waals surface area contributed by atoms with Crippen molar-refractivity contribution >= 4 is 34.5 Å². The number of hydrogen-bond acceptors (Lipinski definition) is 5. The number of thiophene rings is 1. The molecule has 0 aliphatic carbocycles. The third kappa shape index (κ3) is 4.39. The number of rotatable bonds is 7. The van der Waals surface area contributed by atoms with E-state index in [4.69, 9.17) is 0 Å². The minimum atomic E-state index is -0.0140. The van der Waals surface area contributed by atoms with Gasteiger partial charge in [-0.25, -0.2) is 4.98 Å². The van der Waals surface area contributed by atoms with Gasteiger partial charge in [0.25, 0.3) is 0 Å². The van der Waals surface area contributed by atoms with Crippen LogP contribution in [-0.2, 0) is 16.0 Å². The average molecular weight is 349 g/mol. The lowest BCUT2D eigenvalue weighted by Crippen LogP contribution is -2.31. The maximum absolute atomic E-state index is 11.9. The summed E-state index contributed by atoms with van der Waals surface area (Å²) in [5.74, 6) is 0.222. The first-order valence-electron chi connectivity index (χ1n) is 7.74. The van der Waals surface area contributed by atoms with E-state index in [0.717, 1.165) is 42.2 Å². The monoisotopic (exact) mass is 349 g/mol. The Morgan fingerprint density at radius 2 is 2.30 bits per heavy atom. The number of carbonyl (C=O) groups is 2. The number of thiazole rings is 1. The third-order valence-corrected chi connectivity index (χ3v) is 5.38. The fourth-order valence-electron chi connectivity index (χ4n) is 2.57. The minimum Gasteiger partial charge on any atom is -0.356 e. The van der Waals surface area contributed by atoms with Gasteiger partial charge in [0, 0.05) is 42.4 Å². The van der Waals surface area contributed by atoms with Crippen molar-refractivity contribution in [2.24, 2.45) is 0 Å². The van der Waals surface area contributed by atoms with E-state index in [1.165, 1.54) is 0 Å². The SMILES string of the molecule is O=C(Cc1csc(-c2ccsc2)n1)NCCCN1CCCC1=O. The van der Waals surface area contributed by atoms with Crippen molar-refractivity contribution in [1.29, 1.82) is 0 Å². The van der Waals surface area contributed by atoms with E-state index in [0.29, 0.717) is 19.4 Å². The lowest BCUT2D eigenvalue weighted by Gasteiger charge is -2.15. The Bertz CT molecular complexity index is 667. The van der Waals surface area contributed by atoms with E-state index in [1.807, 2.05) is 21.7 Å². The molecule has 122 valence electrons. The van der Waals surface area contributed by atoms with Crippen LogP contribution in [0.1, 0.15) is 25.0 Å². The molecule has 7 heteroatoms. The van der Waals surface area contributed by atoms with Gasteiger partial charge in [-0.3, -0.25) is 9.59 Å². The number of carbonyl (C=O) groups excluding carboxylic acids is 2. The third-order valence-electron chi connectivity index (χ3n) is 3.76. The van der Waals surface area contributed by atoms with Crippen LogP contribution in [0.4, 0.5) is 0 Å². The number of amides is 2. The quantitative estimate of drug-likeness (QED) is 0.782. The van der Waals surface area contributed by atoms with Crippen molar-refractivity contribution in [3.05, 3.63) is 27.9 Å². The van der Waals surface area contributed by atoms with Gasteiger partial charge in [-0.05, 0) is 24.3 Å². The van der Waals surface area contributed by atoms with Crippen LogP contribution in [0.2, 0.25) is 0 Å². The van der Waals surface area contributed by atoms with Gasteiger partial charge in [0.05, 0.1) is 12.1 Å². The Balaban J connectivity index is 1.38. The Morgan fingerprint density at radius 1 is 1.39 bits per heavy atom. The summed E-state index contributed by atoms with van der Waals surface area (Å²) in [4.78, 5) is 29.8. The molecule has 1 saturated heterocycles. The van der Waals surface area contributed by atoms with E-state index in [1.54, 1.807) is 22.7 Å². The summed E-state index contributed by atoms with van der Waals surface area (Å²) in [6, 6.07) is 2.03. The number of nitrogens with one attached hydrogen (secondary N) is 1. The molecule has 23 heavy (non-hydrogen) atoms. The lowest BCUT2D eigenvalue weighted by molar-refractivity contribution is -0.127. The number of nitrogens with zero attached hydrogens (tertiary/aromatic N) is 2. The Morgan fingerprint density at radius 3 is 3.04 bits per heavy atom. The summed E-state index contributed by atoms with van der Waals surface area (Å²) in [6.07, 6.45) is 2.74. The molecule has 0 atom stereocenters. The topological polar surface area (TPSA) is 62.3 Å². The van der Waals surface area contributed by atoms with Crippen molar-refractivity contribution in [2.75, 3.05) is 19.6 Å². The van der Waals surface area contributed by atoms with Gasteiger partial charge in [0.2, 0.25) is 11.8 Å². The van der Waals surface area contributed by atoms with E-state index in [9.17, 15) is 9.59 Å². The predicted molar refractivity (Wildman–Crippen MR) is 92.6 cm³/mol. The number of aromatic nitrogens is 1. The van der Waals surface area contributed by atoms with Gasteiger partial charge in [0.1, 0.15) is 5.01 Å². The van der Waals surface area contributed by atoms with Crippen molar-refractivity contribution in [1.82, 2.24) is 15.2 Å². The van der Waals surface area contributed by atoms with Crippen LogP contribution < -0.4 is 5.32 Å². The zero-order valence-electron chi connectivity index (χ0n) is 12.8. The molecule has 1 aliphatic heterocycles. The van der Waals surface area contributed by atoms with Gasteiger partial charge >= 0.3 is 0 Å². The number of likely N-dealkylation sites (tertiary alicyclic amines) is 1. The highest BCUT2D eigenvalue weighted by molar-refractivity contribution is 7.14. The van der Waals surface area contributed by atoms with Crippen molar-refractivity contribution in [3.63, 3.8) is 0 Å². The first-order chi connectivity index (χ1) is 11.2. The fraction of sp³-hybridized carbons (Fsp3) is 0.438. The lowest BCUT2D eigenvalue weighted by atomic mass is 10.3. The van der Waals surface area contributed by atoms with Crippen LogP contribution in [-0.4, -0.2) is 41.3 Å². The largest absolute Gasteiger partial charge is 0.356 e. The molecule has 0 aromatic carbocycles. The van der Waals surface area contributed by atoms with Gasteiger partial charge in [-0.2, -0.15) is 11.3 Å². The van der Waals surface area contributed by atoms with Crippen LogP contribution >= 0.6 is 22.7 Å². The average Bonchev–Trinajstić information content (AvgIpc) is 3.25. The molecule has 5 nitrogen and oxygen atoms in total. The second kappa shape index (κ2) is 7.70. The van der Waals surface area contributed by atoms with Crippen LogP contribution in [0.5, 0.6) is 0 Å². The Kier molecular flexibility index (Phi) is 5.40. The molecule has 0 spiro atoms. The molecule has 2 aromatic rings. The van der Waals surface area contributed by atoms with E-state index < -0.39 is 0 Å². The molecule has 0 radical (unpaired) electrons. The molecule has 0 saturated carbocycles. The molecule has 1 aliphatic rings. The van der Waals surface area contributed by atoms with Crippen molar-refractivity contribution in [2.45, 2.75) is 25.7 Å². The van der Waals surface area contributed by atoms with Crippen LogP contribution in [0.15, 0.2) is 22.2 Å². The first-order valence-corrected chi connectivity index (χ1v) is 9.56. The Labute approximate surface area is 143 Å². The molecule has 1 fully saturated rings. The van der Waals surface area contributed by atoms with E-state index in [2.05, 4.69) is 15.7 Å². The number of hydrogen-bond donors (Lipinski definition) is 1. The highest BCUT2D eigenvalue weighted by Crippen LogP contribution is 2.25.